The fraction of sp³-hybridized carbons (Fsp3) is 0.353. The monoisotopic (exact) mass is 267 g/mol. The summed E-state index contributed by atoms with van der Waals surface area (Å²) in [5, 5.41) is 2.58. The van der Waals surface area contributed by atoms with Gasteiger partial charge in [-0.15, -0.1) is 0 Å². The molecule has 0 amide bonds. The van der Waals surface area contributed by atoms with Gasteiger partial charge in [-0.25, -0.2) is 4.99 Å². The van der Waals surface area contributed by atoms with Crippen LogP contribution in [0.2, 0.25) is 0 Å². The first-order valence-electron chi connectivity index (χ1n) is 7.14. The van der Waals surface area contributed by atoms with Crippen molar-refractivity contribution in [2.45, 2.75) is 13.0 Å². The molecule has 1 aliphatic heterocycles. The molecular formula is C17H21N3. The average molecular weight is 267 g/mol. The molecule has 0 bridgehead atoms. The van der Waals surface area contributed by atoms with E-state index in [9.17, 15) is 0 Å². The van der Waals surface area contributed by atoms with Gasteiger partial charge in [-0.1, -0.05) is 42.5 Å². The SMILES string of the molecule is C[C@H](N=C1N(C)CCN1C)c1cccc2ccccc12. The molecule has 2 aromatic carbocycles. The van der Waals surface area contributed by atoms with E-state index in [1.54, 1.807) is 0 Å². The van der Waals surface area contributed by atoms with Crippen molar-refractivity contribution in [3.8, 4) is 0 Å². The van der Waals surface area contributed by atoms with E-state index < -0.39 is 0 Å². The lowest BCUT2D eigenvalue weighted by atomic mass is 10.0. The number of fused-ring (bicyclic) bond motifs is 1. The molecule has 3 heteroatoms. The summed E-state index contributed by atoms with van der Waals surface area (Å²) in [6, 6.07) is 15.2. The number of rotatable bonds is 2. The highest BCUT2D eigenvalue weighted by atomic mass is 15.4. The lowest BCUT2D eigenvalue weighted by Crippen LogP contribution is -2.28. The van der Waals surface area contributed by atoms with Crippen LogP contribution in [-0.2, 0) is 0 Å². The molecule has 3 rings (SSSR count). The highest BCUT2D eigenvalue weighted by molar-refractivity contribution is 5.87. The second-order valence-corrected chi connectivity index (χ2v) is 5.52. The number of aliphatic imine (C=N–C) groups is 1. The minimum Gasteiger partial charge on any atom is -0.344 e. The Morgan fingerprint density at radius 2 is 1.60 bits per heavy atom. The summed E-state index contributed by atoms with van der Waals surface area (Å²) in [7, 11) is 4.22. The number of nitrogens with zero attached hydrogens (tertiary/aromatic N) is 3. The first-order valence-corrected chi connectivity index (χ1v) is 7.14. The maximum atomic E-state index is 4.93. The van der Waals surface area contributed by atoms with E-state index in [1.807, 2.05) is 0 Å². The van der Waals surface area contributed by atoms with Gasteiger partial charge in [0.25, 0.3) is 0 Å². The maximum absolute atomic E-state index is 4.93. The zero-order valence-corrected chi connectivity index (χ0v) is 12.4. The van der Waals surface area contributed by atoms with Gasteiger partial charge in [-0.3, -0.25) is 0 Å². The van der Waals surface area contributed by atoms with E-state index in [1.165, 1.54) is 16.3 Å². The first-order chi connectivity index (χ1) is 9.66. The van der Waals surface area contributed by atoms with Crippen LogP contribution in [0.3, 0.4) is 0 Å². The predicted octanol–water partition coefficient (Wildman–Crippen LogP) is 3.13. The highest BCUT2D eigenvalue weighted by Crippen LogP contribution is 2.27. The Bertz CT molecular complexity index is 630. The van der Waals surface area contributed by atoms with E-state index in [4.69, 9.17) is 4.99 Å². The van der Waals surface area contributed by atoms with Crippen LogP contribution in [0.5, 0.6) is 0 Å². The lowest BCUT2D eigenvalue weighted by Gasteiger charge is -2.19. The van der Waals surface area contributed by atoms with Crippen LogP contribution in [0, 0.1) is 0 Å². The molecule has 3 nitrogen and oxygen atoms in total. The second-order valence-electron chi connectivity index (χ2n) is 5.52. The Labute approximate surface area is 120 Å². The minimum absolute atomic E-state index is 0.166. The van der Waals surface area contributed by atoms with Crippen LogP contribution in [0.1, 0.15) is 18.5 Å². The lowest BCUT2D eigenvalue weighted by molar-refractivity contribution is 0.553. The third kappa shape index (κ3) is 2.24. The summed E-state index contributed by atoms with van der Waals surface area (Å²) in [5.41, 5.74) is 1.30. The van der Waals surface area contributed by atoms with Crippen LogP contribution in [0.15, 0.2) is 47.5 Å². The van der Waals surface area contributed by atoms with E-state index >= 15 is 0 Å². The van der Waals surface area contributed by atoms with Gasteiger partial charge in [0, 0.05) is 27.2 Å². The van der Waals surface area contributed by atoms with Crippen molar-refractivity contribution in [3.63, 3.8) is 0 Å². The van der Waals surface area contributed by atoms with Crippen molar-refractivity contribution in [3.05, 3.63) is 48.0 Å². The Morgan fingerprint density at radius 1 is 0.950 bits per heavy atom. The Balaban J connectivity index is 2.01. The number of guanidine groups is 1. The molecule has 1 heterocycles. The number of benzene rings is 2. The quantitative estimate of drug-likeness (QED) is 0.832. The number of likely N-dealkylation sites (N-methyl/N-ethyl adjacent to an activating group) is 2. The zero-order chi connectivity index (χ0) is 14.1. The molecule has 0 N–H and O–H groups in total. The Hall–Kier alpha value is -2.03. The molecular weight excluding hydrogens is 246 g/mol. The molecule has 0 saturated carbocycles. The molecule has 0 radical (unpaired) electrons. The molecule has 1 atom stereocenters. The van der Waals surface area contributed by atoms with Crippen molar-refractivity contribution in [1.82, 2.24) is 9.80 Å². The van der Waals surface area contributed by atoms with Gasteiger partial charge in [0.1, 0.15) is 0 Å². The van der Waals surface area contributed by atoms with Gasteiger partial charge < -0.3 is 9.80 Å². The third-order valence-electron chi connectivity index (χ3n) is 4.04. The summed E-state index contributed by atoms with van der Waals surface area (Å²) in [6.07, 6.45) is 0. The largest absolute Gasteiger partial charge is 0.344 e. The van der Waals surface area contributed by atoms with Crippen LogP contribution >= 0.6 is 0 Å². The van der Waals surface area contributed by atoms with Crippen LogP contribution in [-0.4, -0.2) is 42.9 Å². The molecule has 1 saturated heterocycles. The molecule has 1 fully saturated rings. The molecule has 0 aliphatic carbocycles. The third-order valence-corrected chi connectivity index (χ3v) is 4.04. The number of hydrogen-bond acceptors (Lipinski definition) is 1. The minimum atomic E-state index is 0.166. The summed E-state index contributed by atoms with van der Waals surface area (Å²) in [5.74, 6) is 1.09. The summed E-state index contributed by atoms with van der Waals surface area (Å²) >= 11 is 0. The summed E-state index contributed by atoms with van der Waals surface area (Å²) in [4.78, 5) is 9.37. The summed E-state index contributed by atoms with van der Waals surface area (Å²) < 4.78 is 0. The van der Waals surface area contributed by atoms with Crippen molar-refractivity contribution < 1.29 is 0 Å². The van der Waals surface area contributed by atoms with Crippen molar-refractivity contribution in [2.75, 3.05) is 27.2 Å². The van der Waals surface area contributed by atoms with Crippen LogP contribution in [0.4, 0.5) is 0 Å². The first kappa shape index (κ1) is 13.0. The molecule has 104 valence electrons. The molecule has 2 aromatic rings. The van der Waals surface area contributed by atoms with Gasteiger partial charge in [-0.05, 0) is 23.3 Å². The molecule has 1 aliphatic rings. The predicted molar refractivity (Wildman–Crippen MR) is 85.1 cm³/mol. The normalized spacial score (nSPS) is 16.9. The number of hydrogen-bond donors (Lipinski definition) is 0. The van der Waals surface area contributed by atoms with Gasteiger partial charge in [0.2, 0.25) is 0 Å². The van der Waals surface area contributed by atoms with E-state index in [0.717, 1.165) is 19.0 Å². The van der Waals surface area contributed by atoms with Gasteiger partial charge in [0.05, 0.1) is 6.04 Å². The fourth-order valence-electron chi connectivity index (χ4n) is 2.85. The van der Waals surface area contributed by atoms with E-state index in [2.05, 4.69) is 73.3 Å². The van der Waals surface area contributed by atoms with Gasteiger partial charge in [0.15, 0.2) is 5.96 Å². The van der Waals surface area contributed by atoms with E-state index in [0.29, 0.717) is 0 Å². The Kier molecular flexibility index (Phi) is 3.35. The van der Waals surface area contributed by atoms with Crippen molar-refractivity contribution in [1.29, 1.82) is 0 Å². The van der Waals surface area contributed by atoms with Crippen molar-refractivity contribution in [2.24, 2.45) is 4.99 Å². The van der Waals surface area contributed by atoms with Crippen molar-refractivity contribution >= 4 is 16.7 Å². The molecule has 0 spiro atoms. The summed E-state index contributed by atoms with van der Waals surface area (Å²) in [6.45, 7) is 4.28. The Morgan fingerprint density at radius 3 is 2.35 bits per heavy atom. The zero-order valence-electron chi connectivity index (χ0n) is 12.4. The van der Waals surface area contributed by atoms with Crippen LogP contribution < -0.4 is 0 Å². The van der Waals surface area contributed by atoms with E-state index in [-0.39, 0.29) is 6.04 Å². The maximum Gasteiger partial charge on any atom is 0.196 e. The fourth-order valence-corrected chi connectivity index (χ4v) is 2.85. The average Bonchev–Trinajstić information content (AvgIpc) is 2.78. The van der Waals surface area contributed by atoms with Gasteiger partial charge >= 0.3 is 0 Å². The molecule has 0 aromatic heterocycles. The smallest absolute Gasteiger partial charge is 0.196 e. The highest BCUT2D eigenvalue weighted by Gasteiger charge is 2.21. The standard InChI is InChI=1S/C17H21N3/c1-13(18-17-19(2)11-12-20(17)3)15-10-6-8-14-7-4-5-9-16(14)15/h4-10,13H,11-12H2,1-3H3/t13-/m0/s1. The molecule has 0 unspecified atom stereocenters. The molecule has 20 heavy (non-hydrogen) atoms. The second kappa shape index (κ2) is 5.16. The topological polar surface area (TPSA) is 18.8 Å². The van der Waals surface area contributed by atoms with Gasteiger partial charge in [-0.2, -0.15) is 0 Å². The van der Waals surface area contributed by atoms with Crippen LogP contribution in [0.25, 0.3) is 10.8 Å².